The summed E-state index contributed by atoms with van der Waals surface area (Å²) in [5, 5.41) is 9.30. The molecule has 1 atom stereocenters. The van der Waals surface area contributed by atoms with Gasteiger partial charge >= 0.3 is 14.2 Å². The number of phenols is 1. The molecule has 0 bridgehead atoms. The lowest BCUT2D eigenvalue weighted by Gasteiger charge is -2.02. The SMILES string of the molecule is CCOC(=O)[C@H](C)N.NCCCc1ccccc1O.O=[P+](O)O. The van der Waals surface area contributed by atoms with Crippen molar-refractivity contribution < 1.29 is 29.0 Å². The second-order valence-corrected chi connectivity index (χ2v) is 4.82. The highest BCUT2D eigenvalue weighted by Gasteiger charge is 2.05. The normalized spacial score (nSPS) is 10.3. The number of carbonyl (C=O) groups excluding carboxylic acids is 1. The number of hydrogen-bond acceptors (Lipinski definition) is 6. The van der Waals surface area contributed by atoms with E-state index in [0.29, 0.717) is 18.9 Å². The van der Waals surface area contributed by atoms with Crippen LogP contribution >= 0.6 is 8.25 Å². The first kappa shape index (κ1) is 23.7. The van der Waals surface area contributed by atoms with Crippen LogP contribution in [0.25, 0.3) is 0 Å². The number of ether oxygens (including phenoxy) is 1. The number of carbonyl (C=O) groups is 1. The van der Waals surface area contributed by atoms with Gasteiger partial charge in [0.25, 0.3) is 0 Å². The Morgan fingerprint density at radius 1 is 1.35 bits per heavy atom. The van der Waals surface area contributed by atoms with Crippen LogP contribution in [0.4, 0.5) is 0 Å². The summed E-state index contributed by atoms with van der Waals surface area (Å²) in [7, 11) is -2.87. The molecule has 1 aromatic rings. The molecule has 1 aromatic carbocycles. The number of aryl methyl sites for hydroxylation is 1. The van der Waals surface area contributed by atoms with Gasteiger partial charge in [0.15, 0.2) is 0 Å². The molecule has 7 N–H and O–H groups in total. The zero-order valence-electron chi connectivity index (χ0n) is 13.4. The summed E-state index contributed by atoms with van der Waals surface area (Å²) < 4.78 is 13.2. The van der Waals surface area contributed by atoms with E-state index in [2.05, 4.69) is 4.74 Å². The maximum absolute atomic E-state index is 10.4. The minimum Gasteiger partial charge on any atom is -0.508 e. The third-order valence-corrected chi connectivity index (χ3v) is 2.30. The molecule has 0 aliphatic carbocycles. The Balaban J connectivity index is 0. The Bertz CT molecular complexity index is 453. The summed E-state index contributed by atoms with van der Waals surface area (Å²) in [6, 6.07) is 6.87. The molecular weight excluding hydrogens is 323 g/mol. The van der Waals surface area contributed by atoms with Crippen LogP contribution in [0.5, 0.6) is 5.75 Å². The summed E-state index contributed by atoms with van der Waals surface area (Å²) >= 11 is 0. The number of rotatable bonds is 5. The average molecular weight is 349 g/mol. The Morgan fingerprint density at radius 3 is 2.22 bits per heavy atom. The average Bonchev–Trinajstić information content (AvgIpc) is 2.47. The van der Waals surface area contributed by atoms with Crippen molar-refractivity contribution in [3.8, 4) is 5.75 Å². The molecular formula is C14H26N2O6P+. The van der Waals surface area contributed by atoms with Crippen molar-refractivity contribution in [2.24, 2.45) is 11.5 Å². The van der Waals surface area contributed by atoms with Gasteiger partial charge in [-0.15, -0.1) is 9.79 Å². The largest absolute Gasteiger partial charge is 0.692 e. The van der Waals surface area contributed by atoms with Gasteiger partial charge in [-0.25, -0.2) is 0 Å². The predicted molar refractivity (Wildman–Crippen MR) is 87.8 cm³/mol. The number of aromatic hydroxyl groups is 1. The molecule has 0 radical (unpaired) electrons. The molecule has 132 valence electrons. The van der Waals surface area contributed by atoms with Crippen LogP contribution in [0.15, 0.2) is 24.3 Å². The van der Waals surface area contributed by atoms with E-state index in [0.717, 1.165) is 18.4 Å². The second kappa shape index (κ2) is 15.3. The molecule has 0 fully saturated rings. The molecule has 8 nitrogen and oxygen atoms in total. The molecule has 0 unspecified atom stereocenters. The number of phenolic OH excluding ortho intramolecular Hbond substituents is 1. The van der Waals surface area contributed by atoms with Gasteiger partial charge in [-0.3, -0.25) is 4.79 Å². The van der Waals surface area contributed by atoms with Gasteiger partial charge in [0.1, 0.15) is 11.8 Å². The molecule has 0 amide bonds. The van der Waals surface area contributed by atoms with E-state index in [-0.39, 0.29) is 5.97 Å². The van der Waals surface area contributed by atoms with Gasteiger partial charge in [0.05, 0.1) is 6.61 Å². The minimum absolute atomic E-state index is 0.340. The smallest absolute Gasteiger partial charge is 0.508 e. The van der Waals surface area contributed by atoms with Gasteiger partial charge in [-0.2, -0.15) is 0 Å². The highest BCUT2D eigenvalue weighted by atomic mass is 31.1. The molecule has 0 aliphatic heterocycles. The monoisotopic (exact) mass is 349 g/mol. The zero-order chi connectivity index (χ0) is 18.3. The van der Waals surface area contributed by atoms with Gasteiger partial charge in [-0.05, 0) is 44.9 Å². The van der Waals surface area contributed by atoms with E-state index in [1.807, 2.05) is 18.2 Å². The van der Waals surface area contributed by atoms with E-state index in [4.69, 9.17) is 25.8 Å². The first-order valence-corrected chi connectivity index (χ1v) is 8.16. The van der Waals surface area contributed by atoms with Crippen molar-refractivity contribution in [3.05, 3.63) is 29.8 Å². The highest BCUT2D eigenvalue weighted by molar-refractivity contribution is 7.30. The van der Waals surface area contributed by atoms with E-state index in [9.17, 15) is 9.90 Å². The highest BCUT2D eigenvalue weighted by Crippen LogP contribution is 2.16. The molecule has 0 aromatic heterocycles. The lowest BCUT2D eigenvalue weighted by molar-refractivity contribution is -0.144. The lowest BCUT2D eigenvalue weighted by Crippen LogP contribution is -2.28. The van der Waals surface area contributed by atoms with Crippen LogP contribution in [0.3, 0.4) is 0 Å². The van der Waals surface area contributed by atoms with Gasteiger partial charge in [0.2, 0.25) is 0 Å². The zero-order valence-corrected chi connectivity index (χ0v) is 14.3. The van der Waals surface area contributed by atoms with E-state index in [1.165, 1.54) is 0 Å². The van der Waals surface area contributed by atoms with Gasteiger partial charge in [0, 0.05) is 4.57 Å². The molecule has 0 saturated heterocycles. The van der Waals surface area contributed by atoms with Crippen molar-refractivity contribution in [1.29, 1.82) is 0 Å². The quantitative estimate of drug-likeness (QED) is 0.386. The number of hydrogen-bond donors (Lipinski definition) is 5. The number of benzene rings is 1. The fourth-order valence-electron chi connectivity index (χ4n) is 1.29. The lowest BCUT2D eigenvalue weighted by atomic mass is 10.1. The van der Waals surface area contributed by atoms with Crippen molar-refractivity contribution in [2.45, 2.75) is 32.7 Å². The van der Waals surface area contributed by atoms with Crippen molar-refractivity contribution in [3.63, 3.8) is 0 Å². The first-order valence-electron chi connectivity index (χ1n) is 7.00. The van der Waals surface area contributed by atoms with Crippen molar-refractivity contribution in [1.82, 2.24) is 0 Å². The summed E-state index contributed by atoms with van der Waals surface area (Å²) in [5.41, 5.74) is 11.5. The molecule has 0 spiro atoms. The predicted octanol–water partition coefficient (Wildman–Crippen LogP) is 0.809. The van der Waals surface area contributed by atoms with Gasteiger partial charge in [-0.1, -0.05) is 18.2 Å². The van der Waals surface area contributed by atoms with Crippen LogP contribution in [0.2, 0.25) is 0 Å². The number of nitrogens with two attached hydrogens (primary N) is 2. The van der Waals surface area contributed by atoms with Crippen LogP contribution in [0, 0.1) is 0 Å². The Labute approximate surface area is 137 Å². The molecule has 9 heteroatoms. The number of para-hydroxylation sites is 1. The minimum atomic E-state index is -2.87. The summed E-state index contributed by atoms with van der Waals surface area (Å²) in [6.45, 7) is 4.42. The van der Waals surface area contributed by atoms with Crippen LogP contribution in [-0.4, -0.2) is 40.1 Å². The molecule has 0 aliphatic rings. The maximum Gasteiger partial charge on any atom is 0.692 e. The maximum atomic E-state index is 10.4. The summed E-state index contributed by atoms with van der Waals surface area (Å²) in [6.07, 6.45) is 1.79. The molecule has 23 heavy (non-hydrogen) atoms. The van der Waals surface area contributed by atoms with Crippen molar-refractivity contribution >= 4 is 14.2 Å². The fourth-order valence-corrected chi connectivity index (χ4v) is 1.29. The molecule has 1 rings (SSSR count). The van der Waals surface area contributed by atoms with Crippen LogP contribution in [0.1, 0.15) is 25.8 Å². The van der Waals surface area contributed by atoms with Crippen LogP contribution < -0.4 is 11.5 Å². The second-order valence-electron chi connectivity index (χ2n) is 4.31. The van der Waals surface area contributed by atoms with E-state index >= 15 is 0 Å². The van der Waals surface area contributed by atoms with Crippen LogP contribution in [-0.2, 0) is 20.5 Å². The Kier molecular flexibility index (Phi) is 15.8. The summed E-state index contributed by atoms with van der Waals surface area (Å²) in [5.74, 6) is 0.0356. The standard InChI is InChI=1S/C9H13NO.C5H11NO2.HO3P/c10-7-3-5-8-4-1-2-6-9(8)11;1-3-8-5(7)4(2)6;1-4(2)3/h1-2,4,6,11H,3,5,7,10H2;4H,3,6H2,1-2H3;(H-,1,2,3)/p+1/t;4-;/m.0./s1. The Hall–Kier alpha value is -1.57. The fraction of sp³-hybridized carbons (Fsp3) is 0.500. The van der Waals surface area contributed by atoms with Crippen molar-refractivity contribution in [2.75, 3.05) is 13.2 Å². The Morgan fingerprint density at radius 2 is 1.87 bits per heavy atom. The third kappa shape index (κ3) is 16.6. The number of esters is 1. The third-order valence-electron chi connectivity index (χ3n) is 2.30. The topological polar surface area (TPSA) is 156 Å². The first-order chi connectivity index (χ1) is 10.8. The van der Waals surface area contributed by atoms with Gasteiger partial charge < -0.3 is 21.3 Å². The summed E-state index contributed by atoms with van der Waals surface area (Å²) in [4.78, 5) is 24.6. The van der Waals surface area contributed by atoms with E-state index < -0.39 is 14.3 Å². The molecule has 0 heterocycles. The van der Waals surface area contributed by atoms with E-state index in [1.54, 1.807) is 19.9 Å². The molecule has 0 saturated carbocycles.